The maximum atomic E-state index is 10.9. The van der Waals surface area contributed by atoms with E-state index in [2.05, 4.69) is 31.1 Å². The molecule has 2 rings (SSSR count). The van der Waals surface area contributed by atoms with Crippen molar-refractivity contribution < 1.29 is 4.79 Å². The third kappa shape index (κ3) is 3.59. The molecule has 1 amide bonds. The zero-order valence-corrected chi connectivity index (χ0v) is 12.6. The number of hydrogen-bond donors (Lipinski definition) is 2. The van der Waals surface area contributed by atoms with Crippen molar-refractivity contribution in [2.24, 2.45) is 5.92 Å². The van der Waals surface area contributed by atoms with Crippen LogP contribution in [0.25, 0.3) is 0 Å². The van der Waals surface area contributed by atoms with Gasteiger partial charge in [0.15, 0.2) is 0 Å². The number of nitrogens with zero attached hydrogens (tertiary/aromatic N) is 2. The van der Waals surface area contributed by atoms with Crippen LogP contribution in [0.15, 0.2) is 16.9 Å². The standard InChI is InChI=1S/C13H19BrN4O/c1-9(19)17-6-10-2-4-18(5-3-10)13-11(14)7-16-8-12(13)15/h7-8,10H,2-6,15H2,1H3,(H,17,19). The van der Waals surface area contributed by atoms with Gasteiger partial charge in [-0.2, -0.15) is 0 Å². The summed E-state index contributed by atoms with van der Waals surface area (Å²) >= 11 is 3.51. The normalized spacial score (nSPS) is 16.4. The molecule has 1 aromatic rings. The molecule has 0 bridgehead atoms. The van der Waals surface area contributed by atoms with Crippen molar-refractivity contribution in [1.82, 2.24) is 10.3 Å². The Hall–Kier alpha value is -1.30. The number of nitrogen functional groups attached to an aromatic ring is 1. The molecule has 1 saturated heterocycles. The van der Waals surface area contributed by atoms with E-state index in [0.29, 0.717) is 11.6 Å². The van der Waals surface area contributed by atoms with Gasteiger partial charge in [0.05, 0.1) is 22.0 Å². The molecule has 2 heterocycles. The van der Waals surface area contributed by atoms with Crippen LogP contribution in [0.1, 0.15) is 19.8 Å². The third-order valence-electron chi connectivity index (χ3n) is 3.47. The maximum absolute atomic E-state index is 10.9. The Morgan fingerprint density at radius 3 is 2.79 bits per heavy atom. The number of carbonyl (C=O) groups excluding carboxylic acids is 1. The van der Waals surface area contributed by atoms with Gasteiger partial charge in [-0.05, 0) is 34.7 Å². The lowest BCUT2D eigenvalue weighted by Gasteiger charge is -2.34. The van der Waals surface area contributed by atoms with Gasteiger partial charge < -0.3 is 16.0 Å². The van der Waals surface area contributed by atoms with Crippen molar-refractivity contribution in [3.8, 4) is 0 Å². The molecule has 3 N–H and O–H groups in total. The number of carbonyl (C=O) groups is 1. The zero-order valence-electron chi connectivity index (χ0n) is 11.0. The van der Waals surface area contributed by atoms with Crippen molar-refractivity contribution in [3.05, 3.63) is 16.9 Å². The first-order valence-electron chi connectivity index (χ1n) is 6.46. The minimum Gasteiger partial charge on any atom is -0.396 e. The molecule has 1 aliphatic heterocycles. The molecule has 1 aliphatic rings. The van der Waals surface area contributed by atoms with Gasteiger partial charge in [-0.15, -0.1) is 0 Å². The van der Waals surface area contributed by atoms with Gasteiger partial charge in [0, 0.05) is 32.8 Å². The summed E-state index contributed by atoms with van der Waals surface area (Å²) in [4.78, 5) is 17.3. The molecule has 0 spiro atoms. The lowest BCUT2D eigenvalue weighted by Crippen LogP contribution is -2.38. The lowest BCUT2D eigenvalue weighted by atomic mass is 9.96. The quantitative estimate of drug-likeness (QED) is 0.888. The average Bonchev–Trinajstić information content (AvgIpc) is 2.37. The van der Waals surface area contributed by atoms with Crippen LogP contribution in [-0.2, 0) is 4.79 Å². The molecule has 0 aromatic carbocycles. The monoisotopic (exact) mass is 326 g/mol. The van der Waals surface area contributed by atoms with Crippen molar-refractivity contribution in [2.75, 3.05) is 30.3 Å². The maximum Gasteiger partial charge on any atom is 0.216 e. The van der Waals surface area contributed by atoms with Gasteiger partial charge in [-0.1, -0.05) is 0 Å². The Labute approximate surface area is 121 Å². The van der Waals surface area contributed by atoms with Crippen LogP contribution in [0.5, 0.6) is 0 Å². The average molecular weight is 327 g/mol. The van der Waals surface area contributed by atoms with E-state index in [1.807, 2.05) is 0 Å². The van der Waals surface area contributed by atoms with Gasteiger partial charge >= 0.3 is 0 Å². The number of nitrogens with two attached hydrogens (primary N) is 1. The molecule has 19 heavy (non-hydrogen) atoms. The van der Waals surface area contributed by atoms with Gasteiger partial charge in [0.1, 0.15) is 0 Å². The topological polar surface area (TPSA) is 71.2 Å². The number of piperidine rings is 1. The molecule has 0 aliphatic carbocycles. The first kappa shape index (κ1) is 14.1. The fourth-order valence-corrected chi connectivity index (χ4v) is 3.02. The minimum atomic E-state index is 0.0450. The van der Waals surface area contributed by atoms with Crippen LogP contribution in [0.3, 0.4) is 0 Å². The Morgan fingerprint density at radius 1 is 1.53 bits per heavy atom. The number of halogens is 1. The van der Waals surface area contributed by atoms with Gasteiger partial charge in [-0.25, -0.2) is 0 Å². The fraction of sp³-hybridized carbons (Fsp3) is 0.538. The smallest absolute Gasteiger partial charge is 0.216 e. The summed E-state index contributed by atoms with van der Waals surface area (Å²) < 4.78 is 0.938. The Kier molecular flexibility index (Phi) is 4.63. The number of nitrogens with one attached hydrogen (secondary N) is 1. The van der Waals surface area contributed by atoms with Crippen molar-refractivity contribution in [2.45, 2.75) is 19.8 Å². The van der Waals surface area contributed by atoms with E-state index in [4.69, 9.17) is 5.73 Å². The molecule has 1 fully saturated rings. The van der Waals surface area contributed by atoms with Crippen molar-refractivity contribution >= 4 is 33.2 Å². The summed E-state index contributed by atoms with van der Waals surface area (Å²) in [5.74, 6) is 0.602. The highest BCUT2D eigenvalue weighted by Gasteiger charge is 2.22. The van der Waals surface area contributed by atoms with E-state index in [1.165, 1.54) is 0 Å². The first-order chi connectivity index (χ1) is 9.08. The number of pyridine rings is 1. The minimum absolute atomic E-state index is 0.0450. The van der Waals surface area contributed by atoms with Gasteiger partial charge in [-0.3, -0.25) is 9.78 Å². The molecule has 0 saturated carbocycles. The van der Waals surface area contributed by atoms with Crippen LogP contribution < -0.4 is 16.0 Å². The number of anilines is 2. The number of amides is 1. The predicted molar refractivity (Wildman–Crippen MR) is 80.0 cm³/mol. The second kappa shape index (κ2) is 6.23. The summed E-state index contributed by atoms with van der Waals surface area (Å²) in [6.07, 6.45) is 5.58. The van der Waals surface area contributed by atoms with Crippen LogP contribution in [0.4, 0.5) is 11.4 Å². The summed E-state index contributed by atoms with van der Waals surface area (Å²) in [5, 5.41) is 2.89. The number of aromatic nitrogens is 1. The summed E-state index contributed by atoms with van der Waals surface area (Å²) in [6.45, 7) is 4.24. The van der Waals surface area contributed by atoms with Crippen LogP contribution in [0.2, 0.25) is 0 Å². The van der Waals surface area contributed by atoms with E-state index in [-0.39, 0.29) is 5.91 Å². The summed E-state index contributed by atoms with van der Waals surface area (Å²) in [7, 11) is 0. The molecule has 5 nitrogen and oxygen atoms in total. The summed E-state index contributed by atoms with van der Waals surface area (Å²) in [5.41, 5.74) is 7.73. The SMILES string of the molecule is CC(=O)NCC1CCN(c2c(N)cncc2Br)CC1. The molecule has 104 valence electrons. The van der Waals surface area contributed by atoms with Crippen molar-refractivity contribution in [1.29, 1.82) is 0 Å². The molecular weight excluding hydrogens is 308 g/mol. The highest BCUT2D eigenvalue weighted by atomic mass is 79.9. The molecular formula is C13H19BrN4O. The zero-order chi connectivity index (χ0) is 13.8. The molecule has 0 atom stereocenters. The number of hydrogen-bond acceptors (Lipinski definition) is 4. The van der Waals surface area contributed by atoms with Crippen LogP contribution >= 0.6 is 15.9 Å². The molecule has 6 heteroatoms. The third-order valence-corrected chi connectivity index (χ3v) is 4.05. The Bertz CT molecular complexity index is 438. The Morgan fingerprint density at radius 2 is 2.21 bits per heavy atom. The van der Waals surface area contributed by atoms with E-state index in [0.717, 1.165) is 42.6 Å². The number of rotatable bonds is 3. The van der Waals surface area contributed by atoms with Crippen LogP contribution in [-0.4, -0.2) is 30.5 Å². The fourth-order valence-electron chi connectivity index (χ4n) is 2.43. The highest BCUT2D eigenvalue weighted by Crippen LogP contribution is 2.33. The first-order valence-corrected chi connectivity index (χ1v) is 7.25. The molecule has 0 unspecified atom stereocenters. The lowest BCUT2D eigenvalue weighted by molar-refractivity contribution is -0.119. The van der Waals surface area contributed by atoms with Crippen LogP contribution in [0, 0.1) is 5.92 Å². The van der Waals surface area contributed by atoms with Gasteiger partial charge in [0.2, 0.25) is 5.91 Å². The largest absolute Gasteiger partial charge is 0.396 e. The molecule has 0 radical (unpaired) electrons. The molecule has 1 aromatic heterocycles. The van der Waals surface area contributed by atoms with E-state index in [9.17, 15) is 4.79 Å². The Balaban J connectivity index is 1.94. The van der Waals surface area contributed by atoms with Crippen molar-refractivity contribution in [3.63, 3.8) is 0 Å². The second-order valence-corrected chi connectivity index (χ2v) is 5.78. The van der Waals surface area contributed by atoms with E-state index in [1.54, 1.807) is 19.3 Å². The van der Waals surface area contributed by atoms with Gasteiger partial charge in [0.25, 0.3) is 0 Å². The summed E-state index contributed by atoms with van der Waals surface area (Å²) in [6, 6.07) is 0. The second-order valence-electron chi connectivity index (χ2n) is 4.93. The highest BCUT2D eigenvalue weighted by molar-refractivity contribution is 9.10. The predicted octanol–water partition coefficient (Wildman–Crippen LogP) is 1.78. The van der Waals surface area contributed by atoms with E-state index < -0.39 is 0 Å². The van der Waals surface area contributed by atoms with E-state index >= 15 is 0 Å².